The van der Waals surface area contributed by atoms with E-state index in [-0.39, 0.29) is 12.1 Å². The predicted octanol–water partition coefficient (Wildman–Crippen LogP) is 5.61. The van der Waals surface area contributed by atoms with E-state index in [1.165, 1.54) is 42.3 Å². The number of hydrogen-bond acceptors (Lipinski definition) is 5. The van der Waals surface area contributed by atoms with Gasteiger partial charge < -0.3 is 25.0 Å². The third-order valence-electron chi connectivity index (χ3n) is 7.68. The second-order valence-corrected chi connectivity index (χ2v) is 12.8. The molecule has 2 N–H and O–H groups in total. The zero-order valence-electron chi connectivity index (χ0n) is 23.4. The van der Waals surface area contributed by atoms with Gasteiger partial charge in [-0.1, -0.05) is 43.5 Å². The summed E-state index contributed by atoms with van der Waals surface area (Å²) in [6, 6.07) is 17.1. The van der Waals surface area contributed by atoms with E-state index in [9.17, 15) is 14.7 Å². The number of carbonyl (C=O) groups excluding carboxylic acids is 1. The molecule has 8 heteroatoms. The van der Waals surface area contributed by atoms with Crippen LogP contribution in [-0.4, -0.2) is 72.2 Å². The number of anilines is 1. The van der Waals surface area contributed by atoms with E-state index < -0.39 is 10.7 Å². The van der Waals surface area contributed by atoms with Crippen molar-refractivity contribution in [1.82, 2.24) is 10.2 Å². The summed E-state index contributed by atoms with van der Waals surface area (Å²) in [5.41, 5.74) is 3.59. The van der Waals surface area contributed by atoms with Gasteiger partial charge in [0.15, 0.2) is 0 Å². The largest absolute Gasteiger partial charge is 0.480 e. The Hall–Kier alpha value is -2.71. The Bertz CT molecular complexity index is 1060. The topological polar surface area (TPSA) is 82.1 Å². The molecule has 2 aromatic carbocycles. The fourth-order valence-electron chi connectivity index (χ4n) is 5.11. The van der Waals surface area contributed by atoms with Crippen LogP contribution >= 0.6 is 11.8 Å². The Morgan fingerprint density at radius 3 is 2.08 bits per heavy atom. The number of benzene rings is 2. The van der Waals surface area contributed by atoms with Crippen LogP contribution in [-0.2, 0) is 22.4 Å². The quantitative estimate of drug-likeness (QED) is 0.352. The maximum Gasteiger partial charge on any atom is 0.319 e. The van der Waals surface area contributed by atoms with Crippen molar-refractivity contribution in [1.29, 1.82) is 0 Å². The molecule has 4 rings (SSSR count). The van der Waals surface area contributed by atoms with Gasteiger partial charge in [0.25, 0.3) is 0 Å². The molecule has 0 radical (unpaired) electrons. The van der Waals surface area contributed by atoms with Gasteiger partial charge >= 0.3 is 12.0 Å². The van der Waals surface area contributed by atoms with Crippen molar-refractivity contribution in [2.45, 2.75) is 74.5 Å². The second kappa shape index (κ2) is 14.1. The van der Waals surface area contributed by atoms with Gasteiger partial charge in [-0.3, -0.25) is 4.79 Å². The number of aliphatic carboxylic acids is 1. The van der Waals surface area contributed by atoms with Crippen molar-refractivity contribution in [2.24, 2.45) is 0 Å². The molecule has 1 aliphatic heterocycles. The normalized spacial score (nSPS) is 16.6. The molecule has 0 spiro atoms. The average Bonchev–Trinajstić information content (AvgIpc) is 2.95. The van der Waals surface area contributed by atoms with Gasteiger partial charge in [0.1, 0.15) is 4.75 Å². The summed E-state index contributed by atoms with van der Waals surface area (Å²) < 4.78 is 4.59. The van der Waals surface area contributed by atoms with Gasteiger partial charge in [0, 0.05) is 42.8 Å². The van der Waals surface area contributed by atoms with Crippen LogP contribution in [0.1, 0.15) is 57.1 Å². The molecule has 1 saturated carbocycles. The number of hydrogen-bond donors (Lipinski definition) is 2. The highest BCUT2D eigenvalue weighted by molar-refractivity contribution is 8.01. The SMILES string of the molecule is CC(C)(Sc1ccc(CCN(CCc2ccc(N3CCOCC3)cc2)C(=O)NC2CCCCC2)cc1)C(=O)O. The Balaban J connectivity index is 1.35. The average molecular weight is 554 g/mol. The molecule has 212 valence electrons. The number of ether oxygens (including phenoxy) is 1. The van der Waals surface area contributed by atoms with Crippen molar-refractivity contribution in [3.05, 3.63) is 59.7 Å². The van der Waals surface area contributed by atoms with Crippen molar-refractivity contribution in [2.75, 3.05) is 44.3 Å². The molecule has 1 aliphatic carbocycles. The van der Waals surface area contributed by atoms with Gasteiger partial charge in [0.05, 0.1) is 13.2 Å². The lowest BCUT2D eigenvalue weighted by molar-refractivity contribution is -0.138. The minimum absolute atomic E-state index is 0.0298. The molecule has 2 aromatic rings. The fourth-order valence-corrected chi connectivity index (χ4v) is 6.06. The summed E-state index contributed by atoms with van der Waals surface area (Å²) >= 11 is 1.34. The van der Waals surface area contributed by atoms with E-state index in [0.717, 1.165) is 62.4 Å². The lowest BCUT2D eigenvalue weighted by Gasteiger charge is -2.29. The smallest absolute Gasteiger partial charge is 0.319 e. The zero-order chi connectivity index (χ0) is 27.7. The number of carboxylic acids is 1. The number of morpholine rings is 1. The highest BCUT2D eigenvalue weighted by atomic mass is 32.2. The van der Waals surface area contributed by atoms with Crippen molar-refractivity contribution < 1.29 is 19.4 Å². The van der Waals surface area contributed by atoms with Crippen molar-refractivity contribution in [3.63, 3.8) is 0 Å². The highest BCUT2D eigenvalue weighted by Gasteiger charge is 2.28. The molecule has 1 saturated heterocycles. The van der Waals surface area contributed by atoms with E-state index in [4.69, 9.17) is 4.74 Å². The summed E-state index contributed by atoms with van der Waals surface area (Å²) in [4.78, 5) is 30.0. The van der Waals surface area contributed by atoms with Crippen LogP contribution in [0.15, 0.2) is 53.4 Å². The second-order valence-electron chi connectivity index (χ2n) is 11.1. The van der Waals surface area contributed by atoms with E-state index in [1.807, 2.05) is 29.2 Å². The molecule has 0 bridgehead atoms. The maximum atomic E-state index is 13.3. The first-order chi connectivity index (χ1) is 18.8. The standard InChI is InChI=1S/C31H43N3O4S/c1-31(2,29(35)36)39-28-14-10-25(11-15-28)17-19-34(30(37)32-26-6-4-3-5-7-26)18-16-24-8-12-27(13-9-24)33-20-22-38-23-21-33/h8-15,26H,3-7,16-23H2,1-2H3,(H,32,37)(H,35,36). The van der Waals surface area contributed by atoms with Gasteiger partial charge in [-0.05, 0) is 74.9 Å². The maximum absolute atomic E-state index is 13.3. The molecule has 1 heterocycles. The Labute approximate surface area is 237 Å². The third kappa shape index (κ3) is 8.90. The molecule has 7 nitrogen and oxygen atoms in total. The van der Waals surface area contributed by atoms with Crippen LogP contribution in [0.3, 0.4) is 0 Å². The number of nitrogens with one attached hydrogen (secondary N) is 1. The molecule has 0 aromatic heterocycles. The molecule has 2 aliphatic rings. The summed E-state index contributed by atoms with van der Waals surface area (Å²) in [5, 5.41) is 12.7. The van der Waals surface area contributed by atoms with Crippen LogP contribution in [0.4, 0.5) is 10.5 Å². The predicted molar refractivity (Wildman–Crippen MR) is 158 cm³/mol. The summed E-state index contributed by atoms with van der Waals surface area (Å²) in [6.07, 6.45) is 7.31. The first kappa shape index (κ1) is 29.3. The van der Waals surface area contributed by atoms with Gasteiger partial charge in [0.2, 0.25) is 0 Å². The van der Waals surface area contributed by atoms with E-state index in [0.29, 0.717) is 13.1 Å². The molecule has 0 unspecified atom stereocenters. The van der Waals surface area contributed by atoms with E-state index in [2.05, 4.69) is 34.5 Å². The zero-order valence-corrected chi connectivity index (χ0v) is 24.2. The monoisotopic (exact) mass is 553 g/mol. The first-order valence-corrected chi connectivity index (χ1v) is 15.1. The van der Waals surface area contributed by atoms with E-state index in [1.54, 1.807) is 13.8 Å². The number of rotatable bonds is 11. The molecule has 2 fully saturated rings. The molecule has 2 amide bonds. The van der Waals surface area contributed by atoms with Gasteiger partial charge in [-0.25, -0.2) is 4.79 Å². The number of carbonyl (C=O) groups is 2. The Morgan fingerprint density at radius 2 is 1.51 bits per heavy atom. The summed E-state index contributed by atoms with van der Waals surface area (Å²) in [7, 11) is 0. The summed E-state index contributed by atoms with van der Waals surface area (Å²) in [5.74, 6) is -0.827. The highest BCUT2D eigenvalue weighted by Crippen LogP contribution is 2.32. The van der Waals surface area contributed by atoms with Crippen LogP contribution < -0.4 is 10.2 Å². The Morgan fingerprint density at radius 1 is 0.949 bits per heavy atom. The van der Waals surface area contributed by atoms with E-state index >= 15 is 0 Å². The van der Waals surface area contributed by atoms with Crippen molar-refractivity contribution in [3.8, 4) is 0 Å². The minimum Gasteiger partial charge on any atom is -0.480 e. The van der Waals surface area contributed by atoms with Crippen LogP contribution in [0.5, 0.6) is 0 Å². The van der Waals surface area contributed by atoms with Gasteiger partial charge in [-0.15, -0.1) is 11.8 Å². The lowest BCUT2D eigenvalue weighted by atomic mass is 9.96. The van der Waals surface area contributed by atoms with Crippen LogP contribution in [0.25, 0.3) is 0 Å². The molecular formula is C31H43N3O4S. The molecule has 0 atom stereocenters. The minimum atomic E-state index is -0.879. The fraction of sp³-hybridized carbons (Fsp3) is 0.548. The molecular weight excluding hydrogens is 510 g/mol. The van der Waals surface area contributed by atoms with Crippen LogP contribution in [0.2, 0.25) is 0 Å². The van der Waals surface area contributed by atoms with Gasteiger partial charge in [-0.2, -0.15) is 0 Å². The summed E-state index contributed by atoms with van der Waals surface area (Å²) in [6.45, 7) is 8.12. The van der Waals surface area contributed by atoms with Crippen molar-refractivity contribution >= 4 is 29.4 Å². The first-order valence-electron chi connectivity index (χ1n) is 14.3. The number of urea groups is 1. The number of amides is 2. The lowest BCUT2D eigenvalue weighted by Crippen LogP contribution is -2.46. The van der Waals surface area contributed by atoms with Crippen LogP contribution in [0, 0.1) is 0 Å². The Kier molecular flexibility index (Phi) is 10.6. The third-order valence-corrected chi connectivity index (χ3v) is 8.88. The molecule has 39 heavy (non-hydrogen) atoms. The number of nitrogens with zero attached hydrogens (tertiary/aromatic N) is 2. The number of carboxylic acid groups (broad SMARTS) is 1. The number of thioether (sulfide) groups is 1.